The van der Waals surface area contributed by atoms with Crippen LogP contribution >= 0.6 is 0 Å². The molecule has 1 heterocycles. The van der Waals surface area contributed by atoms with Crippen LogP contribution in [0.2, 0.25) is 0 Å². The van der Waals surface area contributed by atoms with Crippen molar-refractivity contribution in [1.82, 2.24) is 4.90 Å². The number of hydrogen-bond acceptors (Lipinski definition) is 4. The Balaban J connectivity index is 2.03. The van der Waals surface area contributed by atoms with Gasteiger partial charge in [-0.2, -0.15) is 0 Å². The van der Waals surface area contributed by atoms with Gasteiger partial charge in [-0.3, -0.25) is 9.59 Å². The third-order valence-electron chi connectivity index (χ3n) is 3.92. The number of nitrogens with zero attached hydrogens (tertiary/aromatic N) is 1. The number of amides is 1. The van der Waals surface area contributed by atoms with Gasteiger partial charge in [-0.1, -0.05) is 30.3 Å². The number of methoxy groups -OCH3 is 1. The van der Waals surface area contributed by atoms with Gasteiger partial charge in [-0.15, -0.1) is 0 Å². The van der Waals surface area contributed by atoms with Crippen molar-refractivity contribution in [2.45, 2.75) is 38.3 Å². The molecule has 0 spiro atoms. The van der Waals surface area contributed by atoms with Crippen LogP contribution in [-0.2, 0) is 19.1 Å². The summed E-state index contributed by atoms with van der Waals surface area (Å²) in [6.07, 6.45) is 1.14. The van der Waals surface area contributed by atoms with Crippen LogP contribution in [0.3, 0.4) is 0 Å². The molecule has 0 unspecified atom stereocenters. The average molecular weight is 305 g/mol. The molecule has 1 saturated heterocycles. The molecule has 1 fully saturated rings. The van der Waals surface area contributed by atoms with Crippen LogP contribution in [0, 0.1) is 0 Å². The van der Waals surface area contributed by atoms with E-state index in [9.17, 15) is 9.59 Å². The van der Waals surface area contributed by atoms with Crippen molar-refractivity contribution in [2.75, 3.05) is 20.3 Å². The van der Waals surface area contributed by atoms with E-state index < -0.39 is 0 Å². The highest BCUT2D eigenvalue weighted by Gasteiger charge is 2.32. The van der Waals surface area contributed by atoms with E-state index in [1.54, 1.807) is 0 Å². The minimum Gasteiger partial charge on any atom is -0.469 e. The number of hydrogen-bond donors (Lipinski definition) is 0. The van der Waals surface area contributed by atoms with Gasteiger partial charge in [0, 0.05) is 12.8 Å². The highest BCUT2D eigenvalue weighted by molar-refractivity contribution is 5.78. The molecule has 1 aliphatic rings. The molecule has 0 bridgehead atoms. The minimum atomic E-state index is -0.276. The van der Waals surface area contributed by atoms with Crippen molar-refractivity contribution in [1.29, 1.82) is 0 Å². The zero-order valence-electron chi connectivity index (χ0n) is 13.2. The summed E-state index contributed by atoms with van der Waals surface area (Å²) < 4.78 is 10.2. The molecule has 0 saturated carbocycles. The molecule has 22 heavy (non-hydrogen) atoms. The van der Waals surface area contributed by atoms with Gasteiger partial charge in [-0.25, -0.2) is 0 Å². The lowest BCUT2D eigenvalue weighted by Gasteiger charge is -2.41. The van der Waals surface area contributed by atoms with Gasteiger partial charge >= 0.3 is 5.97 Å². The van der Waals surface area contributed by atoms with Gasteiger partial charge in [0.05, 0.1) is 32.4 Å². The van der Waals surface area contributed by atoms with E-state index in [4.69, 9.17) is 4.74 Å². The van der Waals surface area contributed by atoms with Crippen LogP contribution in [0.1, 0.15) is 37.8 Å². The molecular weight excluding hydrogens is 282 g/mol. The fraction of sp³-hybridized carbons (Fsp3) is 0.529. The number of carbonyl (C=O) groups excluding carboxylic acids is 2. The van der Waals surface area contributed by atoms with Gasteiger partial charge in [0.2, 0.25) is 5.91 Å². The number of benzene rings is 1. The second-order valence-corrected chi connectivity index (χ2v) is 5.54. The molecule has 120 valence electrons. The van der Waals surface area contributed by atoms with Crippen molar-refractivity contribution < 1.29 is 19.1 Å². The molecule has 5 nitrogen and oxygen atoms in total. The van der Waals surface area contributed by atoms with Crippen molar-refractivity contribution >= 4 is 11.9 Å². The van der Waals surface area contributed by atoms with Crippen LogP contribution in [0.5, 0.6) is 0 Å². The van der Waals surface area contributed by atoms with Crippen molar-refractivity contribution in [3.8, 4) is 0 Å². The number of rotatable bonds is 5. The molecule has 2 atom stereocenters. The zero-order valence-corrected chi connectivity index (χ0v) is 13.2. The Morgan fingerprint density at radius 2 is 1.95 bits per heavy atom. The van der Waals surface area contributed by atoms with Crippen molar-refractivity contribution in [3.63, 3.8) is 0 Å². The fourth-order valence-electron chi connectivity index (χ4n) is 2.78. The van der Waals surface area contributed by atoms with Crippen LogP contribution < -0.4 is 0 Å². The highest BCUT2D eigenvalue weighted by atomic mass is 16.5. The standard InChI is InChI=1S/C17H23NO4/c1-13-11-22-12-15(14-7-4-3-5-8-14)18(13)16(19)9-6-10-17(20)21-2/h3-5,7-8,13,15H,6,9-12H2,1-2H3/t13-,15+/m0/s1. The summed E-state index contributed by atoms with van der Waals surface area (Å²) in [6, 6.07) is 9.89. The quantitative estimate of drug-likeness (QED) is 0.783. The van der Waals surface area contributed by atoms with E-state index in [2.05, 4.69) is 4.74 Å². The molecular formula is C17H23NO4. The summed E-state index contributed by atoms with van der Waals surface area (Å²) >= 11 is 0. The van der Waals surface area contributed by atoms with Gasteiger partial charge in [0.25, 0.3) is 0 Å². The first-order valence-electron chi connectivity index (χ1n) is 7.64. The van der Waals surface area contributed by atoms with Crippen LogP contribution in [0.15, 0.2) is 30.3 Å². The van der Waals surface area contributed by atoms with Crippen LogP contribution in [0.4, 0.5) is 0 Å². The van der Waals surface area contributed by atoms with Crippen molar-refractivity contribution in [3.05, 3.63) is 35.9 Å². The third kappa shape index (κ3) is 4.07. The third-order valence-corrected chi connectivity index (χ3v) is 3.92. The molecule has 0 N–H and O–H groups in total. The Morgan fingerprint density at radius 3 is 2.64 bits per heavy atom. The second kappa shape index (κ2) is 7.94. The molecule has 0 radical (unpaired) electrons. The first-order valence-corrected chi connectivity index (χ1v) is 7.64. The van der Waals surface area contributed by atoms with E-state index >= 15 is 0 Å². The van der Waals surface area contributed by atoms with Crippen molar-refractivity contribution in [2.24, 2.45) is 0 Å². The molecule has 5 heteroatoms. The summed E-state index contributed by atoms with van der Waals surface area (Å²) in [5, 5.41) is 0. The SMILES string of the molecule is COC(=O)CCCC(=O)N1[C@@H](c2ccccc2)COC[C@@H]1C. The van der Waals surface area contributed by atoms with Gasteiger partial charge in [0.1, 0.15) is 0 Å². The van der Waals surface area contributed by atoms with E-state index in [0.29, 0.717) is 26.1 Å². The Labute approximate surface area is 131 Å². The molecule has 1 aromatic rings. The summed E-state index contributed by atoms with van der Waals surface area (Å²) in [5.74, 6) is -0.212. The molecule has 1 aromatic carbocycles. The normalized spacial score (nSPS) is 21.5. The summed E-state index contributed by atoms with van der Waals surface area (Å²) in [4.78, 5) is 25.6. The lowest BCUT2D eigenvalue weighted by atomic mass is 10.0. The maximum absolute atomic E-state index is 12.6. The Kier molecular flexibility index (Phi) is 5.95. The zero-order chi connectivity index (χ0) is 15.9. The number of ether oxygens (including phenoxy) is 2. The van der Waals surface area contributed by atoms with Gasteiger partial charge in [0.15, 0.2) is 0 Å². The van der Waals surface area contributed by atoms with E-state index in [1.807, 2.05) is 42.2 Å². The predicted molar refractivity (Wildman–Crippen MR) is 82.2 cm³/mol. The van der Waals surface area contributed by atoms with E-state index in [-0.39, 0.29) is 30.4 Å². The molecule has 0 aromatic heterocycles. The largest absolute Gasteiger partial charge is 0.469 e. The first-order chi connectivity index (χ1) is 10.6. The first kappa shape index (κ1) is 16.5. The van der Waals surface area contributed by atoms with Crippen LogP contribution in [0.25, 0.3) is 0 Å². The number of morpholine rings is 1. The monoisotopic (exact) mass is 305 g/mol. The molecule has 1 amide bonds. The molecule has 0 aliphatic carbocycles. The smallest absolute Gasteiger partial charge is 0.305 e. The minimum absolute atomic E-state index is 0.0320. The highest BCUT2D eigenvalue weighted by Crippen LogP contribution is 2.28. The number of esters is 1. The molecule has 2 rings (SSSR count). The average Bonchev–Trinajstić information content (AvgIpc) is 2.55. The lowest BCUT2D eigenvalue weighted by molar-refractivity contribution is -0.146. The van der Waals surface area contributed by atoms with E-state index in [1.165, 1.54) is 7.11 Å². The Hall–Kier alpha value is -1.88. The second-order valence-electron chi connectivity index (χ2n) is 5.54. The lowest BCUT2D eigenvalue weighted by Crippen LogP contribution is -2.49. The maximum Gasteiger partial charge on any atom is 0.305 e. The summed E-state index contributed by atoms with van der Waals surface area (Å²) in [5.41, 5.74) is 1.08. The maximum atomic E-state index is 12.6. The van der Waals surface area contributed by atoms with Gasteiger partial charge < -0.3 is 14.4 Å². The Morgan fingerprint density at radius 1 is 1.23 bits per heavy atom. The van der Waals surface area contributed by atoms with E-state index in [0.717, 1.165) is 5.56 Å². The number of carbonyl (C=O) groups is 2. The van der Waals surface area contributed by atoms with Crippen LogP contribution in [-0.4, -0.2) is 43.1 Å². The predicted octanol–water partition coefficient (Wildman–Crippen LogP) is 2.32. The topological polar surface area (TPSA) is 55.8 Å². The Bertz CT molecular complexity index is 503. The summed E-state index contributed by atoms with van der Waals surface area (Å²) in [7, 11) is 1.36. The summed E-state index contributed by atoms with van der Waals surface area (Å²) in [6.45, 7) is 3.05. The van der Waals surface area contributed by atoms with Gasteiger partial charge in [-0.05, 0) is 18.9 Å². The molecule has 1 aliphatic heterocycles. The fourth-order valence-corrected chi connectivity index (χ4v) is 2.78.